The Bertz CT molecular complexity index is 307. The molecular formula is C13H23NOS. The second-order valence-electron chi connectivity index (χ2n) is 4.78. The summed E-state index contributed by atoms with van der Waals surface area (Å²) in [7, 11) is 0. The van der Waals surface area contributed by atoms with Crippen molar-refractivity contribution in [1.82, 2.24) is 0 Å². The molecule has 0 bridgehead atoms. The SMILES string of the molecule is Cc1ccc(C(OCCC(C)C)C(C)N)s1. The predicted molar refractivity (Wildman–Crippen MR) is 70.9 cm³/mol. The highest BCUT2D eigenvalue weighted by Crippen LogP contribution is 2.27. The molecule has 0 saturated carbocycles. The molecule has 0 radical (unpaired) electrons. The zero-order valence-electron chi connectivity index (χ0n) is 10.7. The number of ether oxygens (including phenoxy) is 1. The molecular weight excluding hydrogens is 218 g/mol. The maximum Gasteiger partial charge on any atom is 0.106 e. The van der Waals surface area contributed by atoms with Crippen molar-refractivity contribution in [2.45, 2.75) is 46.3 Å². The zero-order valence-corrected chi connectivity index (χ0v) is 11.5. The molecule has 1 aromatic heterocycles. The largest absolute Gasteiger partial charge is 0.371 e. The van der Waals surface area contributed by atoms with Crippen LogP contribution < -0.4 is 5.73 Å². The van der Waals surface area contributed by atoms with E-state index in [-0.39, 0.29) is 12.1 Å². The molecule has 0 spiro atoms. The molecule has 2 N–H and O–H groups in total. The van der Waals surface area contributed by atoms with Gasteiger partial charge in [-0.3, -0.25) is 0 Å². The summed E-state index contributed by atoms with van der Waals surface area (Å²) >= 11 is 1.78. The topological polar surface area (TPSA) is 35.2 Å². The van der Waals surface area contributed by atoms with Crippen LogP contribution in [0.3, 0.4) is 0 Å². The van der Waals surface area contributed by atoms with Gasteiger partial charge in [0.2, 0.25) is 0 Å². The number of thiophene rings is 1. The van der Waals surface area contributed by atoms with Crippen LogP contribution in [0.5, 0.6) is 0 Å². The molecule has 0 aliphatic carbocycles. The summed E-state index contributed by atoms with van der Waals surface area (Å²) in [6, 6.07) is 4.30. The normalized spacial score (nSPS) is 15.4. The smallest absolute Gasteiger partial charge is 0.106 e. The molecule has 16 heavy (non-hydrogen) atoms. The van der Waals surface area contributed by atoms with Crippen LogP contribution in [0.1, 0.15) is 43.1 Å². The summed E-state index contributed by atoms with van der Waals surface area (Å²) in [5.41, 5.74) is 5.98. The first-order chi connectivity index (χ1) is 7.50. The first-order valence-electron chi connectivity index (χ1n) is 5.94. The van der Waals surface area contributed by atoms with E-state index in [9.17, 15) is 0 Å². The highest BCUT2D eigenvalue weighted by molar-refractivity contribution is 7.12. The lowest BCUT2D eigenvalue weighted by molar-refractivity contribution is 0.0344. The van der Waals surface area contributed by atoms with Gasteiger partial charge in [-0.05, 0) is 38.3 Å². The zero-order chi connectivity index (χ0) is 12.1. The van der Waals surface area contributed by atoms with Gasteiger partial charge in [-0.15, -0.1) is 11.3 Å². The van der Waals surface area contributed by atoms with Crippen molar-refractivity contribution in [3.8, 4) is 0 Å². The van der Waals surface area contributed by atoms with E-state index in [1.54, 1.807) is 11.3 Å². The van der Waals surface area contributed by atoms with Crippen molar-refractivity contribution in [2.24, 2.45) is 11.7 Å². The first-order valence-corrected chi connectivity index (χ1v) is 6.76. The quantitative estimate of drug-likeness (QED) is 0.827. The van der Waals surface area contributed by atoms with Crippen LogP contribution in [-0.4, -0.2) is 12.6 Å². The standard InChI is InChI=1S/C13H23NOS/c1-9(2)7-8-15-13(11(4)14)12-6-5-10(3)16-12/h5-6,9,11,13H,7-8,14H2,1-4H3. The van der Waals surface area contributed by atoms with Crippen molar-refractivity contribution in [2.75, 3.05) is 6.61 Å². The summed E-state index contributed by atoms with van der Waals surface area (Å²) < 4.78 is 5.90. The molecule has 1 rings (SSSR count). The van der Waals surface area contributed by atoms with E-state index in [0.29, 0.717) is 5.92 Å². The van der Waals surface area contributed by atoms with Gasteiger partial charge in [-0.1, -0.05) is 13.8 Å². The van der Waals surface area contributed by atoms with Gasteiger partial charge in [-0.2, -0.15) is 0 Å². The second-order valence-corrected chi connectivity index (χ2v) is 6.10. The fraction of sp³-hybridized carbons (Fsp3) is 0.692. The average molecular weight is 241 g/mol. The summed E-state index contributed by atoms with van der Waals surface area (Å²) in [6.45, 7) is 9.33. The first kappa shape index (κ1) is 13.7. The third kappa shape index (κ3) is 4.24. The van der Waals surface area contributed by atoms with Crippen LogP contribution in [-0.2, 0) is 4.74 Å². The Morgan fingerprint density at radius 1 is 1.31 bits per heavy atom. The Morgan fingerprint density at radius 2 is 2.00 bits per heavy atom. The number of hydrogen-bond acceptors (Lipinski definition) is 3. The van der Waals surface area contributed by atoms with E-state index in [1.165, 1.54) is 9.75 Å². The maximum absolute atomic E-state index is 5.98. The Morgan fingerprint density at radius 3 is 2.44 bits per heavy atom. The van der Waals surface area contributed by atoms with Crippen LogP contribution in [0.25, 0.3) is 0 Å². The molecule has 0 aliphatic heterocycles. The van der Waals surface area contributed by atoms with E-state index in [1.807, 2.05) is 6.92 Å². The van der Waals surface area contributed by atoms with Crippen molar-refractivity contribution >= 4 is 11.3 Å². The van der Waals surface area contributed by atoms with Crippen molar-refractivity contribution < 1.29 is 4.74 Å². The van der Waals surface area contributed by atoms with Gasteiger partial charge in [0, 0.05) is 22.4 Å². The summed E-state index contributed by atoms with van der Waals surface area (Å²) in [4.78, 5) is 2.56. The van der Waals surface area contributed by atoms with Crippen molar-refractivity contribution in [3.63, 3.8) is 0 Å². The average Bonchev–Trinajstić information content (AvgIpc) is 2.58. The van der Waals surface area contributed by atoms with Gasteiger partial charge in [0.25, 0.3) is 0 Å². The second kappa shape index (κ2) is 6.38. The lowest BCUT2D eigenvalue weighted by Gasteiger charge is -2.20. The number of hydrogen-bond donors (Lipinski definition) is 1. The highest BCUT2D eigenvalue weighted by Gasteiger charge is 2.18. The Labute approximate surface area is 103 Å². The van der Waals surface area contributed by atoms with Crippen LogP contribution >= 0.6 is 11.3 Å². The molecule has 92 valence electrons. The third-order valence-electron chi connectivity index (χ3n) is 2.51. The molecule has 1 aromatic rings. The van der Waals surface area contributed by atoms with E-state index >= 15 is 0 Å². The fourth-order valence-corrected chi connectivity index (χ4v) is 2.57. The van der Waals surface area contributed by atoms with E-state index in [2.05, 4.69) is 32.9 Å². The molecule has 0 fully saturated rings. The highest BCUT2D eigenvalue weighted by atomic mass is 32.1. The van der Waals surface area contributed by atoms with Gasteiger partial charge in [0.15, 0.2) is 0 Å². The Balaban J connectivity index is 2.55. The summed E-state index contributed by atoms with van der Waals surface area (Å²) in [6.07, 6.45) is 1.14. The minimum atomic E-state index is 0.0465. The van der Waals surface area contributed by atoms with E-state index in [4.69, 9.17) is 10.5 Å². The minimum Gasteiger partial charge on any atom is -0.371 e. The molecule has 0 aromatic carbocycles. The third-order valence-corrected chi connectivity index (χ3v) is 3.57. The molecule has 2 nitrogen and oxygen atoms in total. The Hall–Kier alpha value is -0.380. The van der Waals surface area contributed by atoms with Gasteiger partial charge in [0.1, 0.15) is 6.10 Å². The minimum absolute atomic E-state index is 0.0465. The maximum atomic E-state index is 5.98. The number of nitrogens with two attached hydrogens (primary N) is 1. The van der Waals surface area contributed by atoms with Gasteiger partial charge in [0.05, 0.1) is 0 Å². The number of rotatable bonds is 6. The predicted octanol–water partition coefficient (Wildman–Crippen LogP) is 3.51. The molecule has 0 saturated heterocycles. The molecule has 0 aliphatic rings. The van der Waals surface area contributed by atoms with Crippen LogP contribution in [0, 0.1) is 12.8 Å². The number of aryl methyl sites for hydroxylation is 1. The van der Waals surface area contributed by atoms with Crippen LogP contribution in [0.4, 0.5) is 0 Å². The van der Waals surface area contributed by atoms with E-state index in [0.717, 1.165) is 13.0 Å². The fourth-order valence-electron chi connectivity index (χ4n) is 1.53. The molecule has 3 heteroatoms. The lowest BCUT2D eigenvalue weighted by atomic mass is 10.1. The molecule has 0 amide bonds. The van der Waals surface area contributed by atoms with Gasteiger partial charge >= 0.3 is 0 Å². The summed E-state index contributed by atoms with van der Waals surface area (Å²) in [5.74, 6) is 0.679. The molecule has 1 heterocycles. The van der Waals surface area contributed by atoms with Gasteiger partial charge in [-0.25, -0.2) is 0 Å². The van der Waals surface area contributed by atoms with Crippen molar-refractivity contribution in [1.29, 1.82) is 0 Å². The van der Waals surface area contributed by atoms with Crippen LogP contribution in [0.15, 0.2) is 12.1 Å². The van der Waals surface area contributed by atoms with Gasteiger partial charge < -0.3 is 10.5 Å². The lowest BCUT2D eigenvalue weighted by Crippen LogP contribution is -2.26. The monoisotopic (exact) mass is 241 g/mol. The van der Waals surface area contributed by atoms with Crippen LogP contribution in [0.2, 0.25) is 0 Å². The van der Waals surface area contributed by atoms with E-state index < -0.39 is 0 Å². The molecule has 2 atom stereocenters. The summed E-state index contributed by atoms with van der Waals surface area (Å²) in [5, 5.41) is 0. The Kier molecular flexibility index (Phi) is 5.46. The molecule has 2 unspecified atom stereocenters. The van der Waals surface area contributed by atoms with Crippen molar-refractivity contribution in [3.05, 3.63) is 21.9 Å².